The van der Waals surface area contributed by atoms with Gasteiger partial charge in [-0.15, -0.1) is 0 Å². The summed E-state index contributed by atoms with van der Waals surface area (Å²) in [6.45, 7) is 8.87. The van der Waals surface area contributed by atoms with Crippen LogP contribution in [0.15, 0.2) is 0 Å². The number of amides is 2. The molecule has 0 saturated heterocycles. The number of carbonyl (C=O) groups excluding carboxylic acids is 2. The van der Waals surface area contributed by atoms with Gasteiger partial charge in [-0.3, -0.25) is 4.79 Å². The van der Waals surface area contributed by atoms with E-state index >= 15 is 0 Å². The monoisotopic (exact) mass is 386 g/mol. The Labute approximate surface area is 163 Å². The summed E-state index contributed by atoms with van der Waals surface area (Å²) < 4.78 is 5.24. The largest absolute Gasteiger partial charge is 0.444 e. The van der Waals surface area contributed by atoms with Crippen LogP contribution in [0.2, 0.25) is 0 Å². The van der Waals surface area contributed by atoms with Crippen molar-refractivity contribution in [3.8, 4) is 0 Å². The molecular weight excluding hydrogens is 348 g/mol. The lowest BCUT2D eigenvalue weighted by Gasteiger charge is -2.35. The molecule has 1 fully saturated rings. The molecule has 27 heavy (non-hydrogen) atoms. The van der Waals surface area contributed by atoms with Crippen LogP contribution < -0.4 is 11.1 Å². The van der Waals surface area contributed by atoms with Crippen molar-refractivity contribution in [3.63, 3.8) is 0 Å². The van der Waals surface area contributed by atoms with Crippen molar-refractivity contribution >= 4 is 12.0 Å². The fourth-order valence-electron chi connectivity index (χ4n) is 3.75. The molecule has 0 unspecified atom stereocenters. The zero-order valence-electron chi connectivity index (χ0n) is 17.4. The Morgan fingerprint density at radius 3 is 2.11 bits per heavy atom. The van der Waals surface area contributed by atoms with Crippen LogP contribution >= 0.6 is 0 Å². The van der Waals surface area contributed by atoms with E-state index in [0.29, 0.717) is 12.3 Å². The molecule has 0 heterocycles. The van der Waals surface area contributed by atoms with Gasteiger partial charge in [0.2, 0.25) is 5.91 Å². The number of hydrogen-bond acceptors (Lipinski definition) is 5. The quantitative estimate of drug-likeness (QED) is 0.510. The fourth-order valence-corrected chi connectivity index (χ4v) is 3.75. The van der Waals surface area contributed by atoms with Gasteiger partial charge in [0.25, 0.3) is 0 Å². The molecule has 7 nitrogen and oxygen atoms in total. The SMILES string of the molecule is CC(C)[C@H](NC(=O)OC(C)(C)C)[C@H](O)[C@@H](O)[C@H](CC1CCCCC1)C(N)=O. The first kappa shape index (κ1) is 23.7. The summed E-state index contributed by atoms with van der Waals surface area (Å²) >= 11 is 0. The maximum atomic E-state index is 12.1. The summed E-state index contributed by atoms with van der Waals surface area (Å²) in [6.07, 6.45) is 2.57. The third-order valence-corrected chi connectivity index (χ3v) is 5.21. The van der Waals surface area contributed by atoms with Crippen molar-refractivity contribution in [2.75, 3.05) is 0 Å². The summed E-state index contributed by atoms with van der Waals surface area (Å²) in [6, 6.07) is -0.761. The van der Waals surface area contributed by atoms with Crippen LogP contribution in [0.3, 0.4) is 0 Å². The lowest BCUT2D eigenvalue weighted by Crippen LogP contribution is -2.55. The predicted molar refractivity (Wildman–Crippen MR) is 104 cm³/mol. The molecule has 0 aromatic rings. The van der Waals surface area contributed by atoms with Gasteiger partial charge in [-0.2, -0.15) is 0 Å². The van der Waals surface area contributed by atoms with Crippen LogP contribution in [0.1, 0.15) is 73.1 Å². The maximum Gasteiger partial charge on any atom is 0.407 e. The average molecular weight is 387 g/mol. The third-order valence-electron chi connectivity index (χ3n) is 5.21. The molecule has 1 saturated carbocycles. The standard InChI is InChI=1S/C20H38N2O5/c1-12(2)15(22-19(26)27-20(3,4)5)17(24)16(23)14(18(21)25)11-13-9-7-6-8-10-13/h12-17,23-24H,6-11H2,1-5H3,(H2,21,25)(H,22,26)/t14-,15-,16-,17-/m0/s1. The van der Waals surface area contributed by atoms with E-state index in [1.54, 1.807) is 20.8 Å². The molecule has 0 aromatic carbocycles. The highest BCUT2D eigenvalue weighted by Gasteiger charge is 2.38. The van der Waals surface area contributed by atoms with Gasteiger partial charge in [-0.25, -0.2) is 4.79 Å². The minimum Gasteiger partial charge on any atom is -0.444 e. The van der Waals surface area contributed by atoms with Crippen molar-refractivity contribution in [2.24, 2.45) is 23.5 Å². The van der Waals surface area contributed by atoms with Crippen LogP contribution in [0, 0.1) is 17.8 Å². The van der Waals surface area contributed by atoms with Gasteiger partial charge >= 0.3 is 6.09 Å². The number of nitrogens with one attached hydrogen (secondary N) is 1. The second kappa shape index (κ2) is 10.3. The Morgan fingerprint density at radius 2 is 1.67 bits per heavy atom. The van der Waals surface area contributed by atoms with Crippen LogP contribution in [0.4, 0.5) is 4.79 Å². The van der Waals surface area contributed by atoms with E-state index in [4.69, 9.17) is 10.5 Å². The van der Waals surface area contributed by atoms with Crippen LogP contribution in [-0.2, 0) is 9.53 Å². The molecule has 4 atom stereocenters. The van der Waals surface area contributed by atoms with Crippen molar-refractivity contribution < 1.29 is 24.5 Å². The first-order chi connectivity index (χ1) is 12.4. The highest BCUT2D eigenvalue weighted by atomic mass is 16.6. The highest BCUT2D eigenvalue weighted by Crippen LogP contribution is 2.31. The van der Waals surface area contributed by atoms with Crippen LogP contribution in [-0.4, -0.2) is 46.1 Å². The number of nitrogens with two attached hydrogens (primary N) is 1. The molecule has 5 N–H and O–H groups in total. The normalized spacial score (nSPS) is 20.6. The molecule has 2 amide bonds. The number of hydrogen-bond donors (Lipinski definition) is 4. The van der Waals surface area contributed by atoms with Gasteiger partial charge in [0.15, 0.2) is 0 Å². The van der Waals surface area contributed by atoms with Gasteiger partial charge in [0.05, 0.1) is 18.1 Å². The molecule has 1 rings (SSSR count). The Balaban J connectivity index is 2.82. The van der Waals surface area contributed by atoms with E-state index in [-0.39, 0.29) is 5.92 Å². The van der Waals surface area contributed by atoms with Gasteiger partial charge in [0.1, 0.15) is 11.7 Å². The van der Waals surface area contributed by atoms with Crippen molar-refractivity contribution in [3.05, 3.63) is 0 Å². The number of alkyl carbamates (subject to hydrolysis) is 1. The maximum absolute atomic E-state index is 12.1. The molecule has 0 aliphatic heterocycles. The number of aliphatic hydroxyl groups is 2. The first-order valence-corrected chi connectivity index (χ1v) is 10.1. The van der Waals surface area contributed by atoms with Crippen molar-refractivity contribution in [1.82, 2.24) is 5.32 Å². The number of carbonyl (C=O) groups is 2. The minimum absolute atomic E-state index is 0.176. The van der Waals surface area contributed by atoms with Crippen molar-refractivity contribution in [1.29, 1.82) is 0 Å². The molecular formula is C20H38N2O5. The van der Waals surface area contributed by atoms with E-state index in [1.807, 2.05) is 13.8 Å². The van der Waals surface area contributed by atoms with Gasteiger partial charge in [-0.1, -0.05) is 46.0 Å². The van der Waals surface area contributed by atoms with Crippen LogP contribution in [0.5, 0.6) is 0 Å². The minimum atomic E-state index is -1.34. The predicted octanol–water partition coefficient (Wildman–Crippen LogP) is 2.33. The second-order valence-electron chi connectivity index (χ2n) is 9.15. The lowest BCUT2D eigenvalue weighted by molar-refractivity contribution is -0.131. The van der Waals surface area contributed by atoms with E-state index < -0.39 is 41.8 Å². The first-order valence-electron chi connectivity index (χ1n) is 10.1. The van der Waals surface area contributed by atoms with E-state index in [2.05, 4.69) is 5.32 Å². The summed E-state index contributed by atoms with van der Waals surface area (Å²) in [5, 5.41) is 24.0. The average Bonchev–Trinajstić information content (AvgIpc) is 2.55. The molecule has 0 radical (unpaired) electrons. The molecule has 1 aliphatic carbocycles. The smallest absolute Gasteiger partial charge is 0.407 e. The van der Waals surface area contributed by atoms with Gasteiger partial charge in [0, 0.05) is 0 Å². The zero-order valence-corrected chi connectivity index (χ0v) is 17.4. The number of primary amides is 1. The van der Waals surface area contributed by atoms with E-state index in [0.717, 1.165) is 25.7 Å². The van der Waals surface area contributed by atoms with Gasteiger partial charge < -0.3 is 26.0 Å². The summed E-state index contributed by atoms with van der Waals surface area (Å²) in [7, 11) is 0. The zero-order chi connectivity index (χ0) is 20.8. The second-order valence-corrected chi connectivity index (χ2v) is 9.15. The Hall–Kier alpha value is -1.34. The lowest BCUT2D eigenvalue weighted by atomic mass is 9.78. The highest BCUT2D eigenvalue weighted by molar-refractivity contribution is 5.77. The fraction of sp³-hybridized carbons (Fsp3) is 0.900. The van der Waals surface area contributed by atoms with E-state index in [9.17, 15) is 19.8 Å². The number of rotatable bonds is 8. The topological polar surface area (TPSA) is 122 Å². The Kier molecular flexibility index (Phi) is 9.02. The Bertz CT molecular complexity index is 483. The molecule has 158 valence electrons. The third kappa shape index (κ3) is 8.05. The summed E-state index contributed by atoms with van der Waals surface area (Å²) in [4.78, 5) is 24.1. The van der Waals surface area contributed by atoms with Crippen molar-refractivity contribution in [2.45, 2.75) is 97.0 Å². The molecule has 7 heteroatoms. The number of ether oxygens (including phenoxy) is 1. The Morgan fingerprint density at radius 1 is 1.11 bits per heavy atom. The molecule has 0 bridgehead atoms. The van der Waals surface area contributed by atoms with Crippen LogP contribution in [0.25, 0.3) is 0 Å². The van der Waals surface area contributed by atoms with E-state index in [1.165, 1.54) is 6.42 Å². The number of aliphatic hydroxyl groups excluding tert-OH is 2. The van der Waals surface area contributed by atoms with Gasteiger partial charge in [-0.05, 0) is 39.0 Å². The summed E-state index contributed by atoms with van der Waals surface area (Å²) in [5.41, 5.74) is 4.86. The molecule has 1 aliphatic rings. The molecule has 0 aromatic heterocycles. The summed E-state index contributed by atoms with van der Waals surface area (Å²) in [5.74, 6) is -1.31. The molecule has 0 spiro atoms.